The first-order chi connectivity index (χ1) is 6.24. The van der Waals surface area contributed by atoms with Crippen molar-refractivity contribution in [3.63, 3.8) is 0 Å². The van der Waals surface area contributed by atoms with Gasteiger partial charge in [-0.25, -0.2) is 4.39 Å². The molecule has 0 bridgehead atoms. The summed E-state index contributed by atoms with van der Waals surface area (Å²) in [6.45, 7) is 0. The van der Waals surface area contributed by atoms with E-state index in [4.69, 9.17) is 0 Å². The van der Waals surface area contributed by atoms with Crippen LogP contribution in [0.15, 0.2) is 22.4 Å². The number of fused-ring (bicyclic) bond motifs is 1. The Kier molecular flexibility index (Phi) is 2.62. The minimum Gasteiger partial charge on any atom is -0.206 e. The molecule has 4 heteroatoms. The fourth-order valence-electron chi connectivity index (χ4n) is 1.27. The molecule has 0 atom stereocenters. The van der Waals surface area contributed by atoms with E-state index in [2.05, 4.69) is 28.6 Å². The number of rotatable bonds is 1. The topological polar surface area (TPSA) is 0 Å². The van der Waals surface area contributed by atoms with Gasteiger partial charge in [0, 0.05) is 14.9 Å². The number of halogens is 2. The van der Waals surface area contributed by atoms with E-state index in [0.717, 1.165) is 15.6 Å². The second kappa shape index (κ2) is 3.59. The number of thiol groups is 1. The third-order valence-corrected chi connectivity index (χ3v) is 3.83. The van der Waals surface area contributed by atoms with Crippen LogP contribution >= 0.6 is 39.9 Å². The molecule has 0 saturated heterocycles. The zero-order valence-corrected chi connectivity index (χ0v) is 9.85. The van der Waals surface area contributed by atoms with Gasteiger partial charge < -0.3 is 0 Å². The predicted octanol–water partition coefficient (Wildman–Crippen LogP) is 4.22. The summed E-state index contributed by atoms with van der Waals surface area (Å²) in [6, 6.07) is 3.53. The average Bonchev–Trinajstić information content (AvgIpc) is 2.54. The Bertz CT molecular complexity index is 450. The fraction of sp³-hybridized carbons (Fsp3) is 0.111. The van der Waals surface area contributed by atoms with Crippen molar-refractivity contribution >= 4 is 50.0 Å². The van der Waals surface area contributed by atoms with Crippen molar-refractivity contribution in [1.82, 2.24) is 0 Å². The molecule has 0 N–H and O–H groups in total. The van der Waals surface area contributed by atoms with E-state index >= 15 is 0 Å². The van der Waals surface area contributed by atoms with Gasteiger partial charge in [-0.05, 0) is 28.5 Å². The van der Waals surface area contributed by atoms with E-state index in [1.165, 1.54) is 6.07 Å². The smallest absolute Gasteiger partial charge is 0.138 e. The van der Waals surface area contributed by atoms with Crippen LogP contribution < -0.4 is 0 Å². The molecule has 1 heterocycles. The highest BCUT2D eigenvalue weighted by atomic mass is 79.9. The standard InChI is InChI=1S/C9H6BrFS2/c10-4-6-5-1-2-13-8(5)3-7(11)9(6)12/h1-3,12H,4H2. The molecular formula is C9H6BrFS2. The van der Waals surface area contributed by atoms with Gasteiger partial charge in [-0.1, -0.05) is 15.9 Å². The van der Waals surface area contributed by atoms with E-state index in [9.17, 15) is 4.39 Å². The Hall–Kier alpha value is -0.0600. The summed E-state index contributed by atoms with van der Waals surface area (Å²) < 4.78 is 14.3. The normalized spacial score (nSPS) is 11.0. The van der Waals surface area contributed by atoms with Gasteiger partial charge in [0.25, 0.3) is 0 Å². The van der Waals surface area contributed by atoms with Crippen molar-refractivity contribution in [2.45, 2.75) is 10.2 Å². The molecule has 0 aliphatic carbocycles. The van der Waals surface area contributed by atoms with Crippen molar-refractivity contribution in [3.05, 3.63) is 28.9 Å². The summed E-state index contributed by atoms with van der Waals surface area (Å²) >= 11 is 9.02. The van der Waals surface area contributed by atoms with Crippen LogP contribution in [-0.4, -0.2) is 0 Å². The molecule has 0 fully saturated rings. The van der Waals surface area contributed by atoms with E-state index in [-0.39, 0.29) is 5.82 Å². The number of benzene rings is 1. The zero-order valence-electron chi connectivity index (χ0n) is 6.55. The Labute approximate surface area is 93.3 Å². The number of alkyl halides is 1. The maximum absolute atomic E-state index is 13.3. The summed E-state index contributed by atoms with van der Waals surface area (Å²) in [4.78, 5) is 0.447. The SMILES string of the molecule is Fc1cc2sccc2c(CBr)c1S. The number of thiophene rings is 1. The first-order valence-corrected chi connectivity index (χ1v) is 6.12. The first-order valence-electron chi connectivity index (χ1n) is 3.67. The highest BCUT2D eigenvalue weighted by molar-refractivity contribution is 9.08. The lowest BCUT2D eigenvalue weighted by Crippen LogP contribution is -1.86. The highest BCUT2D eigenvalue weighted by Gasteiger charge is 2.10. The van der Waals surface area contributed by atoms with Crippen molar-refractivity contribution in [1.29, 1.82) is 0 Å². The lowest BCUT2D eigenvalue weighted by molar-refractivity contribution is 0.603. The van der Waals surface area contributed by atoms with Gasteiger partial charge >= 0.3 is 0 Å². The van der Waals surface area contributed by atoms with Crippen LogP contribution in [-0.2, 0) is 5.33 Å². The van der Waals surface area contributed by atoms with Gasteiger partial charge in [0.05, 0.1) is 0 Å². The molecule has 0 amide bonds. The van der Waals surface area contributed by atoms with Crippen LogP contribution in [0.25, 0.3) is 10.1 Å². The van der Waals surface area contributed by atoms with Crippen LogP contribution in [0.1, 0.15) is 5.56 Å². The van der Waals surface area contributed by atoms with Crippen LogP contribution in [0.2, 0.25) is 0 Å². The molecule has 68 valence electrons. The molecule has 0 radical (unpaired) electrons. The Morgan fingerprint density at radius 3 is 3.00 bits per heavy atom. The highest BCUT2D eigenvalue weighted by Crippen LogP contribution is 2.32. The van der Waals surface area contributed by atoms with E-state index in [1.54, 1.807) is 11.3 Å². The molecule has 0 nitrogen and oxygen atoms in total. The summed E-state index contributed by atoms with van der Waals surface area (Å²) in [7, 11) is 0. The van der Waals surface area contributed by atoms with Crippen LogP contribution in [0.4, 0.5) is 4.39 Å². The summed E-state index contributed by atoms with van der Waals surface area (Å²) in [5, 5.41) is 3.69. The lowest BCUT2D eigenvalue weighted by atomic mass is 10.1. The minimum absolute atomic E-state index is 0.243. The molecule has 13 heavy (non-hydrogen) atoms. The maximum atomic E-state index is 13.3. The number of hydrogen-bond acceptors (Lipinski definition) is 2. The van der Waals surface area contributed by atoms with E-state index < -0.39 is 0 Å². The van der Waals surface area contributed by atoms with Crippen LogP contribution in [0.3, 0.4) is 0 Å². The quantitative estimate of drug-likeness (QED) is 0.585. The first kappa shape index (κ1) is 9.49. The van der Waals surface area contributed by atoms with Gasteiger partial charge in [0.15, 0.2) is 0 Å². The third-order valence-electron chi connectivity index (χ3n) is 1.92. The van der Waals surface area contributed by atoms with Crippen molar-refractivity contribution in [3.8, 4) is 0 Å². The summed E-state index contributed by atoms with van der Waals surface area (Å²) in [5.74, 6) is -0.243. The third kappa shape index (κ3) is 1.51. The van der Waals surface area contributed by atoms with Crippen molar-refractivity contribution < 1.29 is 4.39 Å². The van der Waals surface area contributed by atoms with Gasteiger partial charge in [-0.15, -0.1) is 24.0 Å². The van der Waals surface area contributed by atoms with E-state index in [0.29, 0.717) is 10.2 Å². The van der Waals surface area contributed by atoms with Gasteiger partial charge in [0.1, 0.15) is 5.82 Å². The molecule has 1 aromatic carbocycles. The minimum atomic E-state index is -0.243. The average molecular weight is 277 g/mol. The predicted molar refractivity (Wildman–Crippen MR) is 61.7 cm³/mol. The van der Waals surface area contributed by atoms with Crippen molar-refractivity contribution in [2.75, 3.05) is 0 Å². The van der Waals surface area contributed by atoms with Crippen LogP contribution in [0.5, 0.6) is 0 Å². The monoisotopic (exact) mass is 276 g/mol. The van der Waals surface area contributed by atoms with Gasteiger partial charge in [0.2, 0.25) is 0 Å². The molecule has 2 rings (SSSR count). The Balaban J connectivity index is 2.87. The van der Waals surface area contributed by atoms with Gasteiger partial charge in [-0.3, -0.25) is 0 Å². The van der Waals surface area contributed by atoms with Crippen molar-refractivity contribution in [2.24, 2.45) is 0 Å². The van der Waals surface area contributed by atoms with Gasteiger partial charge in [-0.2, -0.15) is 0 Å². The molecule has 2 aromatic rings. The summed E-state index contributed by atoms with van der Waals surface area (Å²) in [6.07, 6.45) is 0. The molecule has 0 spiro atoms. The maximum Gasteiger partial charge on any atom is 0.138 e. The molecule has 0 unspecified atom stereocenters. The Morgan fingerprint density at radius 2 is 2.31 bits per heavy atom. The molecule has 1 aromatic heterocycles. The molecule has 0 saturated carbocycles. The van der Waals surface area contributed by atoms with E-state index in [1.807, 2.05) is 11.4 Å². The second-order valence-corrected chi connectivity index (χ2v) is 4.61. The van der Waals surface area contributed by atoms with Crippen LogP contribution in [0, 0.1) is 5.82 Å². The molecule has 0 aliphatic heterocycles. The molecular weight excluding hydrogens is 271 g/mol. The summed E-state index contributed by atoms with van der Waals surface area (Å²) in [5.41, 5.74) is 0.930. The number of hydrogen-bond donors (Lipinski definition) is 1. The lowest BCUT2D eigenvalue weighted by Gasteiger charge is -2.04. The zero-order chi connectivity index (χ0) is 9.42. The largest absolute Gasteiger partial charge is 0.206 e. The second-order valence-electron chi connectivity index (χ2n) is 2.65. The fourth-order valence-corrected chi connectivity index (χ4v) is 3.18. The molecule has 0 aliphatic rings. The Morgan fingerprint density at radius 1 is 1.54 bits per heavy atom.